The summed E-state index contributed by atoms with van der Waals surface area (Å²) in [6.45, 7) is 6.33. The lowest BCUT2D eigenvalue weighted by molar-refractivity contribution is -0.159. The number of amides is 3. The summed E-state index contributed by atoms with van der Waals surface area (Å²) in [6, 6.07) is 16.2. The summed E-state index contributed by atoms with van der Waals surface area (Å²) in [5, 5.41) is 12.8. The van der Waals surface area contributed by atoms with Gasteiger partial charge in [-0.1, -0.05) is 54.1 Å². The molecular weight excluding hydrogens is 378 g/mol. The minimum absolute atomic E-state index is 0.0145. The van der Waals surface area contributed by atoms with Crippen molar-refractivity contribution in [1.29, 1.82) is 0 Å². The highest BCUT2D eigenvalue weighted by molar-refractivity contribution is 5.87. The number of rotatable bonds is 4. The molecule has 2 fully saturated rings. The first kappa shape index (κ1) is 20.4. The molecule has 3 atom stereocenters. The number of nitrogens with zero attached hydrogens (tertiary/aromatic N) is 2. The molecule has 2 N–H and O–H groups in total. The number of aryl methyl sites for hydroxylation is 1. The third kappa shape index (κ3) is 3.67. The Morgan fingerprint density at radius 2 is 1.70 bits per heavy atom. The van der Waals surface area contributed by atoms with Crippen molar-refractivity contribution >= 4 is 11.9 Å². The number of fused-ring (bicyclic) bond motifs is 1. The zero-order valence-corrected chi connectivity index (χ0v) is 17.7. The molecule has 0 unspecified atom stereocenters. The summed E-state index contributed by atoms with van der Waals surface area (Å²) in [5.74, 6) is -0.0857. The Morgan fingerprint density at radius 1 is 1.10 bits per heavy atom. The summed E-state index contributed by atoms with van der Waals surface area (Å²) in [7, 11) is 0. The van der Waals surface area contributed by atoms with E-state index in [2.05, 4.69) is 60.8 Å². The van der Waals surface area contributed by atoms with E-state index in [0.717, 1.165) is 16.7 Å². The van der Waals surface area contributed by atoms with Crippen LogP contribution in [0.4, 0.5) is 4.79 Å². The van der Waals surface area contributed by atoms with Gasteiger partial charge < -0.3 is 20.2 Å². The SMILES string of the molecule is Cc1ccc(-c2ccc([C@@H]3[C@H]4CN(C(=O)NC(C)C)CC(=O)N4[C@H]3CO)cc2)cc1. The standard InChI is InChI=1S/C24H29N3O3/c1-15(2)25-24(30)26-12-20-23(21(14-28)27(20)22(29)13-26)19-10-8-18(9-11-19)17-6-4-16(3)5-7-17/h4-11,15,20-21,23,28H,12-14H2,1-3H3,(H,25,30)/t20-,21+,23-/m1/s1. The Morgan fingerprint density at radius 3 is 2.27 bits per heavy atom. The van der Waals surface area contributed by atoms with Gasteiger partial charge in [-0.15, -0.1) is 0 Å². The highest BCUT2D eigenvalue weighted by Gasteiger charge is 2.54. The van der Waals surface area contributed by atoms with Crippen molar-refractivity contribution in [3.05, 3.63) is 59.7 Å². The summed E-state index contributed by atoms with van der Waals surface area (Å²) in [4.78, 5) is 28.5. The van der Waals surface area contributed by atoms with Crippen molar-refractivity contribution < 1.29 is 14.7 Å². The topological polar surface area (TPSA) is 72.9 Å². The number of aliphatic hydroxyl groups is 1. The van der Waals surface area contributed by atoms with Gasteiger partial charge in [0.1, 0.15) is 6.54 Å². The van der Waals surface area contributed by atoms with Gasteiger partial charge in [0.15, 0.2) is 0 Å². The van der Waals surface area contributed by atoms with E-state index in [9.17, 15) is 14.7 Å². The van der Waals surface area contributed by atoms with Crippen LogP contribution in [0.2, 0.25) is 0 Å². The Hall–Kier alpha value is -2.86. The normalized spacial score (nSPS) is 23.2. The van der Waals surface area contributed by atoms with Gasteiger partial charge in [-0.25, -0.2) is 4.79 Å². The van der Waals surface area contributed by atoms with Gasteiger partial charge in [-0.05, 0) is 37.5 Å². The number of carbonyl (C=O) groups excluding carboxylic acids is 2. The van der Waals surface area contributed by atoms with Crippen molar-refractivity contribution in [3.63, 3.8) is 0 Å². The summed E-state index contributed by atoms with van der Waals surface area (Å²) in [5.41, 5.74) is 4.60. The fraction of sp³-hybridized carbons (Fsp3) is 0.417. The van der Waals surface area contributed by atoms with E-state index < -0.39 is 0 Å². The molecule has 0 radical (unpaired) electrons. The number of carbonyl (C=O) groups is 2. The number of urea groups is 1. The van der Waals surface area contributed by atoms with E-state index in [0.29, 0.717) is 6.54 Å². The monoisotopic (exact) mass is 407 g/mol. The minimum Gasteiger partial charge on any atom is -0.394 e. The zero-order chi connectivity index (χ0) is 21.4. The number of aliphatic hydroxyl groups excluding tert-OH is 1. The molecule has 2 aromatic carbocycles. The van der Waals surface area contributed by atoms with Crippen LogP contribution >= 0.6 is 0 Å². The van der Waals surface area contributed by atoms with E-state index in [1.165, 1.54) is 5.56 Å². The molecule has 158 valence electrons. The molecule has 0 spiro atoms. The van der Waals surface area contributed by atoms with Crippen molar-refractivity contribution in [2.45, 2.75) is 44.8 Å². The molecule has 0 aromatic heterocycles. The summed E-state index contributed by atoms with van der Waals surface area (Å²) in [6.07, 6.45) is 0. The quantitative estimate of drug-likeness (QED) is 0.819. The van der Waals surface area contributed by atoms with E-state index in [1.807, 2.05) is 13.8 Å². The van der Waals surface area contributed by atoms with Crippen LogP contribution in [-0.4, -0.2) is 64.7 Å². The zero-order valence-electron chi connectivity index (χ0n) is 17.7. The maximum Gasteiger partial charge on any atom is 0.318 e. The third-order valence-corrected chi connectivity index (χ3v) is 6.13. The van der Waals surface area contributed by atoms with E-state index in [-0.39, 0.29) is 49.1 Å². The molecule has 2 aromatic rings. The Balaban J connectivity index is 1.54. The molecule has 0 aliphatic carbocycles. The van der Waals surface area contributed by atoms with Crippen molar-refractivity contribution in [2.24, 2.45) is 0 Å². The second-order valence-electron chi connectivity index (χ2n) is 8.62. The molecule has 6 nitrogen and oxygen atoms in total. The first-order chi connectivity index (χ1) is 14.4. The van der Waals surface area contributed by atoms with Gasteiger partial charge in [-0.2, -0.15) is 0 Å². The maximum atomic E-state index is 12.7. The first-order valence-corrected chi connectivity index (χ1v) is 10.5. The molecule has 0 bridgehead atoms. The first-order valence-electron chi connectivity index (χ1n) is 10.5. The molecule has 4 rings (SSSR count). The fourth-order valence-corrected chi connectivity index (χ4v) is 4.64. The van der Waals surface area contributed by atoms with Crippen LogP contribution in [0.25, 0.3) is 11.1 Å². The minimum atomic E-state index is -0.233. The molecule has 30 heavy (non-hydrogen) atoms. The Kier molecular flexibility index (Phi) is 5.52. The molecule has 2 saturated heterocycles. The maximum absolute atomic E-state index is 12.7. The molecule has 3 amide bonds. The van der Waals surface area contributed by atoms with E-state index in [1.54, 1.807) is 9.80 Å². The van der Waals surface area contributed by atoms with Gasteiger partial charge in [0.25, 0.3) is 0 Å². The van der Waals surface area contributed by atoms with Gasteiger partial charge in [-0.3, -0.25) is 4.79 Å². The number of nitrogens with one attached hydrogen (secondary N) is 1. The van der Waals surface area contributed by atoms with Crippen molar-refractivity contribution in [1.82, 2.24) is 15.1 Å². The van der Waals surface area contributed by atoms with Crippen molar-refractivity contribution in [2.75, 3.05) is 19.7 Å². The van der Waals surface area contributed by atoms with Gasteiger partial charge in [0.2, 0.25) is 5.91 Å². The third-order valence-electron chi connectivity index (χ3n) is 6.13. The van der Waals surface area contributed by atoms with Crippen LogP contribution < -0.4 is 5.32 Å². The predicted molar refractivity (Wildman–Crippen MR) is 116 cm³/mol. The van der Waals surface area contributed by atoms with E-state index in [4.69, 9.17) is 0 Å². The summed E-state index contributed by atoms with van der Waals surface area (Å²) < 4.78 is 0. The van der Waals surface area contributed by atoms with Gasteiger partial charge >= 0.3 is 6.03 Å². The lowest BCUT2D eigenvalue weighted by Crippen LogP contribution is -2.74. The van der Waals surface area contributed by atoms with Gasteiger partial charge in [0, 0.05) is 18.5 Å². The van der Waals surface area contributed by atoms with Crippen LogP contribution in [0.5, 0.6) is 0 Å². The molecular formula is C24H29N3O3. The molecule has 2 aliphatic heterocycles. The molecule has 6 heteroatoms. The van der Waals surface area contributed by atoms with Gasteiger partial charge in [0.05, 0.1) is 18.7 Å². The average Bonchev–Trinajstić information content (AvgIpc) is 2.70. The van der Waals surface area contributed by atoms with Crippen LogP contribution in [0.3, 0.4) is 0 Å². The number of hydrogen-bond donors (Lipinski definition) is 2. The van der Waals surface area contributed by atoms with E-state index >= 15 is 0 Å². The second kappa shape index (κ2) is 8.11. The number of piperazine rings is 1. The average molecular weight is 408 g/mol. The second-order valence-corrected chi connectivity index (χ2v) is 8.62. The van der Waals surface area contributed by atoms with Crippen LogP contribution in [0.1, 0.15) is 30.9 Å². The van der Waals surface area contributed by atoms with Crippen LogP contribution in [0, 0.1) is 6.92 Å². The molecule has 0 saturated carbocycles. The molecule has 2 heterocycles. The predicted octanol–water partition coefficient (Wildman–Crippen LogP) is 2.75. The van der Waals surface area contributed by atoms with Crippen LogP contribution in [-0.2, 0) is 4.79 Å². The number of hydrogen-bond acceptors (Lipinski definition) is 3. The molecule has 2 aliphatic rings. The Labute approximate surface area is 177 Å². The highest BCUT2D eigenvalue weighted by atomic mass is 16.3. The fourth-order valence-electron chi connectivity index (χ4n) is 4.64. The van der Waals surface area contributed by atoms with Crippen molar-refractivity contribution in [3.8, 4) is 11.1 Å². The highest BCUT2D eigenvalue weighted by Crippen LogP contribution is 2.43. The van der Waals surface area contributed by atoms with Crippen LogP contribution in [0.15, 0.2) is 48.5 Å². The number of benzene rings is 2. The summed E-state index contributed by atoms with van der Waals surface area (Å²) >= 11 is 0. The lowest BCUT2D eigenvalue weighted by Gasteiger charge is -2.58. The largest absolute Gasteiger partial charge is 0.394 e. The lowest BCUT2D eigenvalue weighted by atomic mass is 9.73. The Bertz CT molecular complexity index is 924. The smallest absolute Gasteiger partial charge is 0.318 e.